The van der Waals surface area contributed by atoms with Crippen LogP contribution in [0.5, 0.6) is 0 Å². The van der Waals surface area contributed by atoms with Crippen LogP contribution in [0.2, 0.25) is 0 Å². The Morgan fingerprint density at radius 1 is 1.27 bits per heavy atom. The van der Waals surface area contributed by atoms with Crippen LogP contribution < -0.4 is 5.48 Å². The Morgan fingerprint density at radius 3 is 2.50 bits per heavy atom. The summed E-state index contributed by atoms with van der Waals surface area (Å²) < 4.78 is 1.66. The van der Waals surface area contributed by atoms with E-state index in [0.29, 0.717) is 0 Å². The molecule has 1 aliphatic rings. The smallest absolute Gasteiger partial charge is 0.214 e. The van der Waals surface area contributed by atoms with Gasteiger partial charge < -0.3 is 5.11 Å². The lowest BCUT2D eigenvalue weighted by Gasteiger charge is -2.39. The van der Waals surface area contributed by atoms with Crippen molar-refractivity contribution < 1.29 is 9.94 Å². The van der Waals surface area contributed by atoms with Gasteiger partial charge in [-0.3, -0.25) is 4.84 Å². The van der Waals surface area contributed by atoms with Crippen LogP contribution in [0.4, 0.5) is 0 Å². The van der Waals surface area contributed by atoms with Crippen molar-refractivity contribution in [3.8, 4) is 0 Å². The van der Waals surface area contributed by atoms with Gasteiger partial charge in [-0.1, -0.05) is 50.6 Å². The molecule has 6 heteroatoms. The van der Waals surface area contributed by atoms with Crippen molar-refractivity contribution in [2.75, 3.05) is 0 Å². The Bertz CT molecular complexity index is 633. The molecule has 3 rings (SSSR count). The van der Waals surface area contributed by atoms with Gasteiger partial charge in [-0.2, -0.15) is 10.6 Å². The number of hydroxylamine groups is 1. The summed E-state index contributed by atoms with van der Waals surface area (Å²) in [5.74, 6) is -1.41. The van der Waals surface area contributed by atoms with E-state index in [-0.39, 0.29) is 6.04 Å². The van der Waals surface area contributed by atoms with Crippen molar-refractivity contribution in [3.05, 3.63) is 48.0 Å². The molecule has 3 atom stereocenters. The van der Waals surface area contributed by atoms with Gasteiger partial charge >= 0.3 is 0 Å². The topological polar surface area (TPSA) is 72.2 Å². The number of aromatic nitrogens is 3. The zero-order chi connectivity index (χ0) is 16.0. The highest BCUT2D eigenvalue weighted by atomic mass is 16.8. The molecule has 1 saturated heterocycles. The molecular weight excluding hydrogens is 280 g/mol. The highest BCUT2D eigenvalue weighted by molar-refractivity contribution is 5.26. The van der Waals surface area contributed by atoms with Crippen LogP contribution in [0, 0.1) is 12.3 Å². The highest BCUT2D eigenvalue weighted by Crippen LogP contribution is 2.49. The molecule has 0 saturated carbocycles. The molecule has 1 aliphatic heterocycles. The Balaban J connectivity index is 2.06. The van der Waals surface area contributed by atoms with Crippen LogP contribution in [-0.2, 0) is 4.84 Å². The van der Waals surface area contributed by atoms with Crippen LogP contribution in [-0.4, -0.2) is 25.7 Å². The third-order valence-electron chi connectivity index (χ3n) is 4.29. The van der Waals surface area contributed by atoms with Crippen molar-refractivity contribution in [1.82, 2.24) is 20.2 Å². The van der Waals surface area contributed by atoms with Gasteiger partial charge in [-0.15, -0.1) is 0 Å². The van der Waals surface area contributed by atoms with Gasteiger partial charge in [0.25, 0.3) is 0 Å². The summed E-state index contributed by atoms with van der Waals surface area (Å²) in [6.07, 6.45) is 3.08. The Morgan fingerprint density at radius 2 is 1.95 bits per heavy atom. The van der Waals surface area contributed by atoms with Crippen LogP contribution in [0.25, 0.3) is 0 Å². The summed E-state index contributed by atoms with van der Waals surface area (Å²) in [4.78, 5) is 9.67. The molecule has 118 valence electrons. The molecule has 6 nitrogen and oxygen atoms in total. The van der Waals surface area contributed by atoms with Crippen molar-refractivity contribution in [2.24, 2.45) is 5.41 Å². The molecule has 1 aromatic heterocycles. The highest BCUT2D eigenvalue weighted by Gasteiger charge is 2.58. The second-order valence-electron chi connectivity index (χ2n) is 6.88. The zero-order valence-corrected chi connectivity index (χ0v) is 13.3. The van der Waals surface area contributed by atoms with Crippen molar-refractivity contribution in [2.45, 2.75) is 45.6 Å². The summed E-state index contributed by atoms with van der Waals surface area (Å²) in [5, 5.41) is 15.4. The SMILES string of the molecule is Cc1ccc(C2NOC(O)(C(C)(C)C)C2n2cncn2)cc1. The van der Waals surface area contributed by atoms with E-state index in [1.807, 2.05) is 52.0 Å². The second kappa shape index (κ2) is 5.15. The maximum absolute atomic E-state index is 11.2. The molecular formula is C16H22N4O2. The number of nitrogens with one attached hydrogen (secondary N) is 1. The van der Waals surface area contributed by atoms with Gasteiger partial charge in [-0.25, -0.2) is 9.67 Å². The molecule has 0 spiro atoms. The van der Waals surface area contributed by atoms with E-state index < -0.39 is 17.2 Å². The lowest BCUT2D eigenvalue weighted by molar-refractivity contribution is -0.272. The molecule has 0 amide bonds. The zero-order valence-electron chi connectivity index (χ0n) is 13.3. The minimum absolute atomic E-state index is 0.216. The van der Waals surface area contributed by atoms with Crippen LogP contribution in [0.3, 0.4) is 0 Å². The summed E-state index contributed by atoms with van der Waals surface area (Å²) >= 11 is 0. The quantitative estimate of drug-likeness (QED) is 0.889. The number of rotatable bonds is 2. The average Bonchev–Trinajstić information content (AvgIpc) is 3.06. The van der Waals surface area contributed by atoms with Crippen molar-refractivity contribution >= 4 is 0 Å². The third-order valence-corrected chi connectivity index (χ3v) is 4.29. The Hall–Kier alpha value is -1.76. The second-order valence-corrected chi connectivity index (χ2v) is 6.88. The fourth-order valence-electron chi connectivity index (χ4n) is 2.82. The van der Waals surface area contributed by atoms with Gasteiger partial charge in [0, 0.05) is 5.41 Å². The first-order valence-corrected chi connectivity index (χ1v) is 7.39. The monoisotopic (exact) mass is 302 g/mol. The largest absolute Gasteiger partial charge is 0.362 e. The van der Waals surface area contributed by atoms with Crippen LogP contribution in [0.15, 0.2) is 36.9 Å². The number of benzene rings is 1. The number of hydrogen-bond donors (Lipinski definition) is 2. The molecule has 1 fully saturated rings. The average molecular weight is 302 g/mol. The van der Waals surface area contributed by atoms with E-state index in [1.165, 1.54) is 11.9 Å². The Kier molecular flexibility index (Phi) is 3.55. The minimum Gasteiger partial charge on any atom is -0.362 e. The Labute approximate surface area is 130 Å². The predicted octanol–water partition coefficient (Wildman–Crippen LogP) is 2.14. The van der Waals surface area contributed by atoms with Gasteiger partial charge in [0.1, 0.15) is 18.7 Å². The number of hydrogen-bond acceptors (Lipinski definition) is 5. The molecule has 2 N–H and O–H groups in total. The minimum atomic E-state index is -1.41. The van der Waals surface area contributed by atoms with E-state index in [1.54, 1.807) is 11.0 Å². The molecule has 22 heavy (non-hydrogen) atoms. The summed E-state index contributed by atoms with van der Waals surface area (Å²) in [5.41, 5.74) is 4.71. The summed E-state index contributed by atoms with van der Waals surface area (Å²) in [6.45, 7) is 7.87. The van der Waals surface area contributed by atoms with Crippen molar-refractivity contribution in [1.29, 1.82) is 0 Å². The van der Waals surface area contributed by atoms with E-state index in [4.69, 9.17) is 4.84 Å². The standard InChI is InChI=1S/C16H22N4O2/c1-11-5-7-12(8-6-11)13-14(20-10-17-9-18-20)16(21,22-19-13)15(2,3)4/h5-10,13-14,19,21H,1-4H3. The molecule has 1 aromatic carbocycles. The summed E-state index contributed by atoms with van der Waals surface area (Å²) in [6, 6.07) is 7.53. The molecule has 2 aromatic rings. The first-order valence-electron chi connectivity index (χ1n) is 7.39. The van der Waals surface area contributed by atoms with Crippen LogP contribution in [0.1, 0.15) is 44.0 Å². The fourth-order valence-corrected chi connectivity index (χ4v) is 2.82. The van der Waals surface area contributed by atoms with Gasteiger partial charge in [0.15, 0.2) is 0 Å². The molecule has 0 radical (unpaired) electrons. The first-order chi connectivity index (χ1) is 10.3. The fraction of sp³-hybridized carbons (Fsp3) is 0.500. The van der Waals surface area contributed by atoms with Gasteiger partial charge in [0.05, 0.1) is 6.04 Å². The lowest BCUT2D eigenvalue weighted by Crippen LogP contribution is -2.49. The molecule has 3 unspecified atom stereocenters. The lowest BCUT2D eigenvalue weighted by atomic mass is 9.78. The molecule has 0 bridgehead atoms. The first kappa shape index (κ1) is 15.1. The van der Waals surface area contributed by atoms with E-state index in [2.05, 4.69) is 15.6 Å². The van der Waals surface area contributed by atoms with E-state index in [9.17, 15) is 5.11 Å². The van der Waals surface area contributed by atoms with Gasteiger partial charge in [0.2, 0.25) is 5.79 Å². The number of aliphatic hydroxyl groups is 1. The van der Waals surface area contributed by atoms with E-state index in [0.717, 1.165) is 5.56 Å². The van der Waals surface area contributed by atoms with Crippen LogP contribution >= 0.6 is 0 Å². The number of nitrogens with zero attached hydrogens (tertiary/aromatic N) is 3. The maximum Gasteiger partial charge on any atom is 0.214 e. The van der Waals surface area contributed by atoms with Crippen molar-refractivity contribution in [3.63, 3.8) is 0 Å². The molecule has 0 aliphatic carbocycles. The maximum atomic E-state index is 11.2. The van der Waals surface area contributed by atoms with E-state index >= 15 is 0 Å². The van der Waals surface area contributed by atoms with Gasteiger partial charge in [-0.05, 0) is 12.5 Å². The molecule has 2 heterocycles. The third kappa shape index (κ3) is 2.33. The summed E-state index contributed by atoms with van der Waals surface area (Å²) in [7, 11) is 0. The predicted molar refractivity (Wildman–Crippen MR) is 81.6 cm³/mol. The normalized spacial score (nSPS) is 29.0. The number of aryl methyl sites for hydroxylation is 1.